The van der Waals surface area contributed by atoms with Crippen molar-refractivity contribution in [3.63, 3.8) is 0 Å². The molecule has 0 N–H and O–H groups in total. The summed E-state index contributed by atoms with van der Waals surface area (Å²) in [6.07, 6.45) is 0. The Kier molecular flexibility index (Phi) is 5.62. The number of thioether (sulfide) groups is 2. The first kappa shape index (κ1) is 20.6. The van der Waals surface area contributed by atoms with Crippen molar-refractivity contribution in [2.45, 2.75) is 27.7 Å². The van der Waals surface area contributed by atoms with Gasteiger partial charge in [0.2, 0.25) is 0 Å². The third-order valence-electron chi connectivity index (χ3n) is 4.98. The van der Waals surface area contributed by atoms with E-state index in [-0.39, 0.29) is 11.6 Å². The highest BCUT2D eigenvalue weighted by Crippen LogP contribution is 2.53. The van der Waals surface area contributed by atoms with Crippen molar-refractivity contribution in [3.8, 4) is 0 Å². The number of rotatable bonds is 4. The zero-order valence-electron chi connectivity index (χ0n) is 17.3. The fourth-order valence-corrected chi connectivity index (χ4v) is 6.07. The summed E-state index contributed by atoms with van der Waals surface area (Å²) in [4.78, 5) is 30.4. The van der Waals surface area contributed by atoms with Crippen LogP contribution in [0.1, 0.15) is 27.7 Å². The third kappa shape index (κ3) is 3.50. The number of Topliss-reactive ketones (excluding diaryl/α,β-unsaturated/α-hetero) is 2. The Bertz CT molecular complexity index is 1030. The van der Waals surface area contributed by atoms with Gasteiger partial charge in [-0.2, -0.15) is 0 Å². The number of hydrogen-bond acceptors (Lipinski definition) is 6. The smallest absolute Gasteiger partial charge is 0.168 e. The Morgan fingerprint density at radius 3 is 1.27 bits per heavy atom. The molecule has 0 atom stereocenters. The number of ketones is 2. The molecule has 0 fully saturated rings. The highest BCUT2D eigenvalue weighted by Gasteiger charge is 2.38. The SMILES string of the molecule is CC(=O)C1=C(C)N(c2ccccc2)/C(=C2\SC(C(C)=O)=C(C)N2c2ccccc2)S1. The molecule has 6 heteroatoms. The van der Waals surface area contributed by atoms with Crippen molar-refractivity contribution >= 4 is 46.5 Å². The molecule has 0 unspecified atom stereocenters. The predicted octanol–water partition coefficient (Wildman–Crippen LogP) is 6.26. The van der Waals surface area contributed by atoms with Gasteiger partial charge >= 0.3 is 0 Å². The van der Waals surface area contributed by atoms with Crippen LogP contribution in [-0.2, 0) is 9.59 Å². The van der Waals surface area contributed by atoms with E-state index in [1.54, 1.807) is 13.8 Å². The maximum Gasteiger partial charge on any atom is 0.168 e. The second-order valence-electron chi connectivity index (χ2n) is 7.10. The van der Waals surface area contributed by atoms with Crippen LogP contribution in [0.15, 0.2) is 91.9 Å². The van der Waals surface area contributed by atoms with Gasteiger partial charge in [0, 0.05) is 22.8 Å². The van der Waals surface area contributed by atoms with E-state index in [0.29, 0.717) is 0 Å². The molecule has 152 valence electrons. The molecule has 2 aliphatic rings. The summed E-state index contributed by atoms with van der Waals surface area (Å²) in [7, 11) is 0. The van der Waals surface area contributed by atoms with Crippen molar-refractivity contribution in [2.24, 2.45) is 0 Å². The minimum absolute atomic E-state index is 0.0414. The highest BCUT2D eigenvalue weighted by atomic mass is 32.2. The van der Waals surface area contributed by atoms with Gasteiger partial charge in [-0.05, 0) is 52.0 Å². The zero-order valence-corrected chi connectivity index (χ0v) is 18.9. The van der Waals surface area contributed by atoms with Gasteiger partial charge in [0.25, 0.3) is 0 Å². The predicted molar refractivity (Wildman–Crippen MR) is 127 cm³/mol. The summed E-state index contributed by atoms with van der Waals surface area (Å²) in [5, 5.41) is 1.88. The van der Waals surface area contributed by atoms with E-state index in [0.717, 1.165) is 42.6 Å². The Hall–Kier alpha value is -2.70. The molecule has 0 saturated carbocycles. The largest absolute Gasteiger partial charge is 0.305 e. The van der Waals surface area contributed by atoms with E-state index in [4.69, 9.17) is 0 Å². The fraction of sp³-hybridized carbons (Fsp3) is 0.167. The molecule has 4 nitrogen and oxygen atoms in total. The van der Waals surface area contributed by atoms with E-state index in [9.17, 15) is 9.59 Å². The van der Waals surface area contributed by atoms with E-state index in [1.807, 2.05) is 74.5 Å². The number of nitrogens with zero attached hydrogens (tertiary/aromatic N) is 2. The lowest BCUT2D eigenvalue weighted by Gasteiger charge is -2.28. The lowest BCUT2D eigenvalue weighted by atomic mass is 10.2. The van der Waals surface area contributed by atoms with Gasteiger partial charge in [-0.25, -0.2) is 0 Å². The molecule has 2 aromatic rings. The average molecular weight is 435 g/mol. The standard InChI is InChI=1S/C24H22N2O2S2/c1-15-21(17(3)27)29-23(25(15)19-11-7-5-8-12-19)24-26(20-13-9-6-10-14-20)16(2)22(30-24)18(4)28/h5-14H,1-4H3/b24-23+. The van der Waals surface area contributed by atoms with Gasteiger partial charge in [0.1, 0.15) is 10.1 Å². The molecule has 0 radical (unpaired) electrons. The van der Waals surface area contributed by atoms with Gasteiger partial charge < -0.3 is 9.80 Å². The van der Waals surface area contributed by atoms with E-state index in [2.05, 4.69) is 9.80 Å². The summed E-state index contributed by atoms with van der Waals surface area (Å²) in [5.41, 5.74) is 3.79. The molecule has 0 spiro atoms. The van der Waals surface area contributed by atoms with Crippen molar-refractivity contribution < 1.29 is 9.59 Å². The van der Waals surface area contributed by atoms with Crippen molar-refractivity contribution in [2.75, 3.05) is 9.80 Å². The van der Waals surface area contributed by atoms with Crippen LogP contribution in [-0.4, -0.2) is 11.6 Å². The molecule has 0 aliphatic carbocycles. The first-order valence-corrected chi connectivity index (χ1v) is 11.3. The van der Waals surface area contributed by atoms with Crippen LogP contribution in [0.25, 0.3) is 0 Å². The first-order chi connectivity index (χ1) is 14.4. The van der Waals surface area contributed by atoms with Crippen LogP contribution in [0.3, 0.4) is 0 Å². The molecule has 2 heterocycles. The van der Waals surface area contributed by atoms with E-state index >= 15 is 0 Å². The van der Waals surface area contributed by atoms with Crippen LogP contribution in [0.5, 0.6) is 0 Å². The molecule has 2 aromatic carbocycles. The van der Waals surface area contributed by atoms with E-state index < -0.39 is 0 Å². The number of para-hydroxylation sites is 2. The Morgan fingerprint density at radius 2 is 0.967 bits per heavy atom. The van der Waals surface area contributed by atoms with Crippen LogP contribution >= 0.6 is 23.5 Å². The number of allylic oxidation sites excluding steroid dienone is 4. The van der Waals surface area contributed by atoms with Gasteiger partial charge in [-0.3, -0.25) is 9.59 Å². The molecule has 30 heavy (non-hydrogen) atoms. The van der Waals surface area contributed by atoms with Crippen LogP contribution in [0, 0.1) is 0 Å². The summed E-state index contributed by atoms with van der Waals surface area (Å²) >= 11 is 2.95. The first-order valence-electron chi connectivity index (χ1n) is 9.64. The zero-order chi connectivity index (χ0) is 21.4. The molecule has 0 saturated heterocycles. The topological polar surface area (TPSA) is 40.6 Å². The van der Waals surface area contributed by atoms with Crippen LogP contribution in [0.4, 0.5) is 11.4 Å². The van der Waals surface area contributed by atoms with Crippen LogP contribution in [0.2, 0.25) is 0 Å². The third-order valence-corrected chi connectivity index (χ3v) is 7.82. The number of carbonyl (C=O) groups excluding carboxylic acids is 2. The van der Waals surface area contributed by atoms with Crippen LogP contribution < -0.4 is 9.80 Å². The lowest BCUT2D eigenvalue weighted by Crippen LogP contribution is -2.22. The Morgan fingerprint density at radius 1 is 0.633 bits per heavy atom. The molecule has 2 aliphatic heterocycles. The van der Waals surface area contributed by atoms with Gasteiger partial charge in [0.15, 0.2) is 11.6 Å². The van der Waals surface area contributed by atoms with E-state index in [1.165, 1.54) is 23.5 Å². The molecule has 0 amide bonds. The molecule has 4 rings (SSSR count). The Balaban J connectivity index is 1.93. The number of hydrogen-bond donors (Lipinski definition) is 0. The lowest BCUT2D eigenvalue weighted by molar-refractivity contribution is -0.113. The average Bonchev–Trinajstić information content (AvgIpc) is 3.26. The number of benzene rings is 2. The quantitative estimate of drug-likeness (QED) is 0.566. The van der Waals surface area contributed by atoms with Crippen molar-refractivity contribution in [1.82, 2.24) is 0 Å². The Labute approximate surface area is 185 Å². The van der Waals surface area contributed by atoms with Crippen molar-refractivity contribution in [1.29, 1.82) is 0 Å². The maximum atomic E-state index is 12.4. The van der Waals surface area contributed by atoms with Gasteiger partial charge in [-0.1, -0.05) is 59.9 Å². The fourth-order valence-electron chi connectivity index (χ4n) is 3.65. The summed E-state index contributed by atoms with van der Waals surface area (Å²) < 4.78 is 0. The van der Waals surface area contributed by atoms with Gasteiger partial charge in [-0.15, -0.1) is 0 Å². The highest BCUT2D eigenvalue weighted by molar-refractivity contribution is 8.11. The number of carbonyl (C=O) groups is 2. The molecule has 0 bridgehead atoms. The molecular weight excluding hydrogens is 412 g/mol. The van der Waals surface area contributed by atoms with Gasteiger partial charge in [0.05, 0.1) is 9.81 Å². The minimum Gasteiger partial charge on any atom is -0.305 e. The molecule has 0 aromatic heterocycles. The second-order valence-corrected chi connectivity index (χ2v) is 9.10. The maximum absolute atomic E-state index is 12.4. The summed E-state index contributed by atoms with van der Waals surface area (Å²) in [6, 6.07) is 20.0. The number of anilines is 2. The summed E-state index contributed by atoms with van der Waals surface area (Å²) in [6.45, 7) is 7.15. The normalized spacial score (nSPS) is 19.2. The monoisotopic (exact) mass is 434 g/mol. The minimum atomic E-state index is 0.0414. The summed E-state index contributed by atoms with van der Waals surface area (Å²) in [5.74, 6) is 0.0829. The molecular formula is C24H22N2O2S2. The van der Waals surface area contributed by atoms with Crippen molar-refractivity contribution in [3.05, 3.63) is 91.9 Å². The second kappa shape index (κ2) is 8.20.